The van der Waals surface area contributed by atoms with Gasteiger partial charge in [-0.25, -0.2) is 18.2 Å². The van der Waals surface area contributed by atoms with Crippen LogP contribution in [0.5, 0.6) is 5.75 Å². The van der Waals surface area contributed by atoms with Gasteiger partial charge in [-0.05, 0) is 74.6 Å². The van der Waals surface area contributed by atoms with Crippen LogP contribution in [0, 0.1) is 11.8 Å². The predicted octanol–water partition coefficient (Wildman–Crippen LogP) is 2.03. The number of hydrogen-bond donors (Lipinski definition) is 2. The van der Waals surface area contributed by atoms with E-state index in [2.05, 4.69) is 0 Å². The summed E-state index contributed by atoms with van der Waals surface area (Å²) in [6.07, 6.45) is 3.58. The first-order chi connectivity index (χ1) is 17.3. The molecule has 3 aliphatic rings. The molecule has 0 saturated carbocycles. The molecule has 0 aliphatic carbocycles. The third kappa shape index (κ3) is 5.53. The Kier molecular flexibility index (Phi) is 8.54. The summed E-state index contributed by atoms with van der Waals surface area (Å²) < 4.78 is 38.1. The zero-order valence-electron chi connectivity index (χ0n) is 20.9. The van der Waals surface area contributed by atoms with Gasteiger partial charge in [-0.1, -0.05) is 0 Å². The van der Waals surface area contributed by atoms with Crippen molar-refractivity contribution in [2.45, 2.75) is 49.7 Å². The van der Waals surface area contributed by atoms with E-state index in [9.17, 15) is 18.0 Å². The Morgan fingerprint density at radius 1 is 1.03 bits per heavy atom. The normalized spacial score (nSPS) is 22.2. The molecule has 3 aliphatic heterocycles. The van der Waals surface area contributed by atoms with Crippen LogP contribution < -0.4 is 10.2 Å². The van der Waals surface area contributed by atoms with Gasteiger partial charge in [0.2, 0.25) is 15.9 Å². The molecule has 0 unspecified atom stereocenters. The zero-order valence-corrected chi connectivity index (χ0v) is 21.7. The SMILES string of the molecule is COc1ccc(C(=O)N2CCC(C3CCN(S(=O)(=O)C4(CC(=O)NO)CCOCC4)CC3)CC2)cc1. The van der Waals surface area contributed by atoms with Gasteiger partial charge in [0.15, 0.2) is 0 Å². The van der Waals surface area contributed by atoms with Crippen molar-refractivity contribution in [3.05, 3.63) is 29.8 Å². The van der Waals surface area contributed by atoms with Crippen molar-refractivity contribution < 1.29 is 32.7 Å². The lowest BCUT2D eigenvalue weighted by atomic mass is 9.79. The van der Waals surface area contributed by atoms with Crippen LogP contribution in [0.2, 0.25) is 0 Å². The molecule has 0 aromatic heterocycles. The summed E-state index contributed by atoms with van der Waals surface area (Å²) in [5, 5.41) is 9.01. The summed E-state index contributed by atoms with van der Waals surface area (Å²) in [6, 6.07) is 7.17. The molecule has 1 aromatic carbocycles. The molecule has 0 bridgehead atoms. The minimum Gasteiger partial charge on any atom is -0.497 e. The molecule has 3 saturated heterocycles. The Labute approximate surface area is 212 Å². The molecule has 3 fully saturated rings. The summed E-state index contributed by atoms with van der Waals surface area (Å²) in [5.74, 6) is 0.947. The average Bonchev–Trinajstić information content (AvgIpc) is 2.93. The fourth-order valence-electron chi connectivity index (χ4n) is 5.95. The molecule has 10 nitrogen and oxygen atoms in total. The van der Waals surface area contributed by atoms with Gasteiger partial charge < -0.3 is 14.4 Å². The number of ether oxygens (including phenoxy) is 2. The van der Waals surface area contributed by atoms with Crippen LogP contribution in [0.15, 0.2) is 24.3 Å². The van der Waals surface area contributed by atoms with Gasteiger partial charge in [-0.2, -0.15) is 0 Å². The highest BCUT2D eigenvalue weighted by atomic mass is 32.2. The number of sulfonamides is 1. The standard InChI is InChI=1S/C25H37N3O7S/c1-34-22-4-2-21(3-5-22)24(30)27-12-6-19(7-13-27)20-8-14-28(15-9-20)36(32,33)25(18-23(29)26-31)10-16-35-17-11-25/h2-5,19-20,31H,6-18H2,1H3,(H,26,29). The fraction of sp³-hybridized carbons (Fsp3) is 0.680. The van der Waals surface area contributed by atoms with E-state index >= 15 is 0 Å². The largest absolute Gasteiger partial charge is 0.497 e. The van der Waals surface area contributed by atoms with Crippen molar-refractivity contribution in [3.8, 4) is 5.75 Å². The topological polar surface area (TPSA) is 125 Å². The van der Waals surface area contributed by atoms with Gasteiger partial charge in [-0.15, -0.1) is 0 Å². The number of hydrogen-bond acceptors (Lipinski definition) is 7. The predicted molar refractivity (Wildman–Crippen MR) is 132 cm³/mol. The molecule has 2 N–H and O–H groups in total. The molecule has 4 rings (SSSR count). The van der Waals surface area contributed by atoms with Crippen LogP contribution in [0.25, 0.3) is 0 Å². The van der Waals surface area contributed by atoms with Gasteiger partial charge in [0.05, 0.1) is 11.9 Å². The number of carbonyl (C=O) groups is 2. The highest BCUT2D eigenvalue weighted by molar-refractivity contribution is 7.90. The Morgan fingerprint density at radius 3 is 2.11 bits per heavy atom. The number of carbonyl (C=O) groups excluding carboxylic acids is 2. The second kappa shape index (κ2) is 11.5. The number of likely N-dealkylation sites (tertiary alicyclic amines) is 1. The summed E-state index contributed by atoms with van der Waals surface area (Å²) in [5.41, 5.74) is 2.25. The second-order valence-corrected chi connectivity index (χ2v) is 12.4. The van der Waals surface area contributed by atoms with Gasteiger partial charge >= 0.3 is 0 Å². The van der Waals surface area contributed by atoms with E-state index < -0.39 is 20.7 Å². The first-order valence-corrected chi connectivity index (χ1v) is 14.2. The summed E-state index contributed by atoms with van der Waals surface area (Å²) in [6.45, 7) is 2.83. The lowest BCUT2D eigenvalue weighted by molar-refractivity contribution is -0.130. The molecule has 11 heteroatoms. The van der Waals surface area contributed by atoms with Crippen LogP contribution in [0.3, 0.4) is 0 Å². The van der Waals surface area contributed by atoms with Crippen molar-refractivity contribution in [2.75, 3.05) is 46.5 Å². The molecule has 0 radical (unpaired) electrons. The van der Waals surface area contributed by atoms with Crippen molar-refractivity contribution >= 4 is 21.8 Å². The number of nitrogens with one attached hydrogen (secondary N) is 1. The van der Waals surface area contributed by atoms with Crippen LogP contribution in [0.4, 0.5) is 0 Å². The number of nitrogens with zero attached hydrogens (tertiary/aromatic N) is 2. The lowest BCUT2D eigenvalue weighted by Crippen LogP contribution is -2.55. The van der Waals surface area contributed by atoms with Gasteiger partial charge in [0.25, 0.3) is 5.91 Å². The Morgan fingerprint density at radius 2 is 1.58 bits per heavy atom. The van der Waals surface area contributed by atoms with E-state index in [1.807, 2.05) is 4.90 Å². The maximum Gasteiger partial charge on any atom is 0.253 e. The highest BCUT2D eigenvalue weighted by Crippen LogP contribution is 2.39. The summed E-state index contributed by atoms with van der Waals surface area (Å²) >= 11 is 0. The molecule has 0 atom stereocenters. The van der Waals surface area contributed by atoms with E-state index in [1.165, 1.54) is 0 Å². The monoisotopic (exact) mass is 523 g/mol. The molecular formula is C25H37N3O7S. The summed E-state index contributed by atoms with van der Waals surface area (Å²) in [7, 11) is -2.14. The van der Waals surface area contributed by atoms with Crippen LogP contribution in [-0.4, -0.2) is 85.9 Å². The number of hydroxylamine groups is 1. The van der Waals surface area contributed by atoms with E-state index in [0.29, 0.717) is 43.6 Å². The average molecular weight is 524 g/mol. The Bertz CT molecular complexity index is 1010. The minimum atomic E-state index is -3.74. The smallest absolute Gasteiger partial charge is 0.253 e. The van der Waals surface area contributed by atoms with Gasteiger partial charge in [0, 0.05) is 51.4 Å². The fourth-order valence-corrected chi connectivity index (χ4v) is 8.19. The quantitative estimate of drug-likeness (QED) is 0.414. The van der Waals surface area contributed by atoms with Crippen LogP contribution >= 0.6 is 0 Å². The highest BCUT2D eigenvalue weighted by Gasteiger charge is 2.50. The molecule has 3 heterocycles. The van der Waals surface area contributed by atoms with E-state index in [-0.39, 0.29) is 38.4 Å². The second-order valence-electron chi connectivity index (χ2n) is 10.1. The van der Waals surface area contributed by atoms with Crippen molar-refractivity contribution in [2.24, 2.45) is 11.8 Å². The van der Waals surface area contributed by atoms with Crippen LogP contribution in [0.1, 0.15) is 55.3 Å². The van der Waals surface area contributed by atoms with E-state index in [4.69, 9.17) is 14.7 Å². The number of rotatable bonds is 7. The van der Waals surface area contributed by atoms with Crippen molar-refractivity contribution in [1.29, 1.82) is 0 Å². The van der Waals surface area contributed by atoms with Crippen LogP contribution in [-0.2, 0) is 19.6 Å². The first-order valence-electron chi connectivity index (χ1n) is 12.7. The molecule has 1 aromatic rings. The third-order valence-corrected chi connectivity index (χ3v) is 10.9. The molecule has 0 spiro atoms. The first kappa shape index (κ1) is 26.8. The maximum absolute atomic E-state index is 13.6. The summed E-state index contributed by atoms with van der Waals surface area (Å²) in [4.78, 5) is 26.7. The van der Waals surface area contributed by atoms with Crippen molar-refractivity contribution in [1.82, 2.24) is 14.7 Å². The number of amides is 2. The molecule has 2 amide bonds. The van der Waals surface area contributed by atoms with Crippen molar-refractivity contribution in [3.63, 3.8) is 0 Å². The van der Waals surface area contributed by atoms with Gasteiger partial charge in [-0.3, -0.25) is 14.8 Å². The molecule has 200 valence electrons. The zero-order chi connectivity index (χ0) is 25.8. The maximum atomic E-state index is 13.6. The Hall–Kier alpha value is -2.21. The molecular weight excluding hydrogens is 486 g/mol. The lowest BCUT2D eigenvalue weighted by Gasteiger charge is -2.44. The number of piperidine rings is 2. The van der Waals surface area contributed by atoms with E-state index in [1.54, 1.807) is 41.2 Å². The van der Waals surface area contributed by atoms with E-state index in [0.717, 1.165) is 31.4 Å². The molecule has 36 heavy (non-hydrogen) atoms. The third-order valence-electron chi connectivity index (χ3n) is 8.23. The van der Waals surface area contributed by atoms with Gasteiger partial charge in [0.1, 0.15) is 5.75 Å². The Balaban J connectivity index is 1.31. The minimum absolute atomic E-state index is 0.0330. The number of methoxy groups -OCH3 is 1. The number of benzene rings is 1.